The van der Waals surface area contributed by atoms with Gasteiger partial charge in [0.15, 0.2) is 0 Å². The molecule has 0 unspecified atom stereocenters. The number of nitrogens with one attached hydrogen (secondary N) is 1. The van der Waals surface area contributed by atoms with E-state index in [4.69, 9.17) is 0 Å². The summed E-state index contributed by atoms with van der Waals surface area (Å²) in [6.07, 6.45) is 1.83. The van der Waals surface area contributed by atoms with Gasteiger partial charge in [-0.05, 0) is 31.5 Å². The van der Waals surface area contributed by atoms with Crippen molar-refractivity contribution < 1.29 is 1.43 Å². The van der Waals surface area contributed by atoms with Gasteiger partial charge in [0.2, 0.25) is 0 Å². The molecule has 0 saturated carbocycles. The summed E-state index contributed by atoms with van der Waals surface area (Å²) in [7, 11) is 0. The molecule has 2 nitrogen and oxygen atoms in total. The molecule has 1 aromatic heterocycles. The summed E-state index contributed by atoms with van der Waals surface area (Å²) in [6.45, 7) is 5.08. The second-order valence-corrected chi connectivity index (χ2v) is 4.33. The smallest absolute Gasteiger partial charge is 0.0541 e. The van der Waals surface area contributed by atoms with E-state index in [1.165, 1.54) is 11.1 Å². The van der Waals surface area contributed by atoms with Crippen molar-refractivity contribution in [1.29, 1.82) is 0 Å². The first-order valence-electron chi connectivity index (χ1n) is 5.95. The van der Waals surface area contributed by atoms with Crippen molar-refractivity contribution in [1.82, 2.24) is 10.3 Å². The highest BCUT2D eigenvalue weighted by Gasteiger charge is 2.04. The Morgan fingerprint density at radius 2 is 1.94 bits per heavy atom. The summed E-state index contributed by atoms with van der Waals surface area (Å²) in [5.41, 5.74) is 3.68. The van der Waals surface area contributed by atoms with Gasteiger partial charge >= 0.3 is 0 Å². The van der Waals surface area contributed by atoms with Gasteiger partial charge in [-0.25, -0.2) is 0 Å². The number of nitrogens with zero attached hydrogens (tertiary/aromatic N) is 1. The van der Waals surface area contributed by atoms with Crippen molar-refractivity contribution in [2.24, 2.45) is 0 Å². The van der Waals surface area contributed by atoms with Gasteiger partial charge in [0.1, 0.15) is 0 Å². The fourth-order valence-electron chi connectivity index (χ4n) is 1.73. The Bertz CT molecular complexity index is 454. The predicted octanol–water partition coefficient (Wildman–Crippen LogP) is 3.49. The van der Waals surface area contributed by atoms with Crippen LogP contribution < -0.4 is 5.32 Å². The van der Waals surface area contributed by atoms with Crippen LogP contribution >= 0.6 is 0 Å². The van der Waals surface area contributed by atoms with Crippen molar-refractivity contribution in [2.75, 3.05) is 0 Å². The third-order valence-electron chi connectivity index (χ3n) is 2.89. The molecule has 17 heavy (non-hydrogen) atoms. The standard InChI is InChI=1S/C15H18N2.H2/c1-12-6-8-14(9-7-12)13(2)17-11-15-5-3-4-10-16-15;/h3-10,13,17H,11H2,1-2H3;1H/t13-;/m1./s1. The zero-order valence-corrected chi connectivity index (χ0v) is 10.4. The Morgan fingerprint density at radius 1 is 1.18 bits per heavy atom. The molecule has 0 radical (unpaired) electrons. The minimum atomic E-state index is 0. The Labute approximate surface area is 104 Å². The fourth-order valence-corrected chi connectivity index (χ4v) is 1.73. The lowest BCUT2D eigenvalue weighted by Crippen LogP contribution is -2.18. The van der Waals surface area contributed by atoms with E-state index in [1.54, 1.807) is 0 Å². The lowest BCUT2D eigenvalue weighted by molar-refractivity contribution is 0.568. The number of pyridine rings is 1. The zero-order valence-electron chi connectivity index (χ0n) is 10.4. The number of benzene rings is 1. The van der Waals surface area contributed by atoms with Crippen LogP contribution in [0, 0.1) is 6.92 Å². The summed E-state index contributed by atoms with van der Waals surface area (Å²) in [5, 5.41) is 3.47. The highest BCUT2D eigenvalue weighted by Crippen LogP contribution is 2.13. The Kier molecular flexibility index (Phi) is 3.89. The first kappa shape index (κ1) is 11.8. The van der Waals surface area contributed by atoms with E-state index in [0.29, 0.717) is 6.04 Å². The maximum atomic E-state index is 4.30. The molecule has 1 N–H and O–H groups in total. The van der Waals surface area contributed by atoms with Crippen LogP contribution in [0.3, 0.4) is 0 Å². The van der Waals surface area contributed by atoms with E-state index in [1.807, 2.05) is 24.4 Å². The predicted molar refractivity (Wildman–Crippen MR) is 72.8 cm³/mol. The first-order valence-corrected chi connectivity index (χ1v) is 5.95. The summed E-state index contributed by atoms with van der Waals surface area (Å²) >= 11 is 0. The molecule has 0 aliphatic heterocycles. The maximum absolute atomic E-state index is 4.30. The van der Waals surface area contributed by atoms with Crippen LogP contribution in [-0.4, -0.2) is 4.98 Å². The van der Waals surface area contributed by atoms with E-state index in [2.05, 4.69) is 48.4 Å². The van der Waals surface area contributed by atoms with Gasteiger partial charge in [-0.1, -0.05) is 35.9 Å². The number of aryl methyl sites for hydroxylation is 1. The van der Waals surface area contributed by atoms with Gasteiger partial charge in [0.05, 0.1) is 5.69 Å². The zero-order chi connectivity index (χ0) is 12.1. The van der Waals surface area contributed by atoms with Crippen molar-refractivity contribution in [2.45, 2.75) is 26.4 Å². The molecule has 1 heterocycles. The molecule has 2 heteroatoms. The molecular weight excluding hydrogens is 208 g/mol. The van der Waals surface area contributed by atoms with Crippen LogP contribution in [0.1, 0.15) is 31.2 Å². The van der Waals surface area contributed by atoms with Crippen molar-refractivity contribution >= 4 is 0 Å². The Hall–Kier alpha value is -1.67. The largest absolute Gasteiger partial charge is 0.305 e. The van der Waals surface area contributed by atoms with Crippen LogP contribution in [-0.2, 0) is 6.54 Å². The van der Waals surface area contributed by atoms with Gasteiger partial charge in [-0.15, -0.1) is 0 Å². The van der Waals surface area contributed by atoms with E-state index >= 15 is 0 Å². The topological polar surface area (TPSA) is 24.9 Å². The third-order valence-corrected chi connectivity index (χ3v) is 2.89. The van der Waals surface area contributed by atoms with E-state index in [-0.39, 0.29) is 1.43 Å². The Morgan fingerprint density at radius 3 is 2.59 bits per heavy atom. The molecule has 2 rings (SSSR count). The third kappa shape index (κ3) is 3.40. The highest BCUT2D eigenvalue weighted by atomic mass is 14.9. The quantitative estimate of drug-likeness (QED) is 0.866. The van der Waals surface area contributed by atoms with Gasteiger partial charge in [-0.3, -0.25) is 4.98 Å². The van der Waals surface area contributed by atoms with Crippen molar-refractivity contribution in [3.63, 3.8) is 0 Å². The van der Waals surface area contributed by atoms with Crippen LogP contribution in [0.2, 0.25) is 0 Å². The lowest BCUT2D eigenvalue weighted by atomic mass is 10.1. The number of hydrogen-bond acceptors (Lipinski definition) is 2. The molecule has 0 saturated heterocycles. The first-order chi connectivity index (χ1) is 8.25. The normalized spacial score (nSPS) is 12.4. The average Bonchev–Trinajstić information content (AvgIpc) is 2.38. The van der Waals surface area contributed by atoms with Crippen LogP contribution in [0.25, 0.3) is 0 Å². The van der Waals surface area contributed by atoms with Gasteiger partial charge in [0, 0.05) is 20.2 Å². The summed E-state index contributed by atoms with van der Waals surface area (Å²) in [4.78, 5) is 4.30. The van der Waals surface area contributed by atoms with Crippen molar-refractivity contribution in [3.8, 4) is 0 Å². The van der Waals surface area contributed by atoms with Crippen LogP contribution in [0.4, 0.5) is 0 Å². The summed E-state index contributed by atoms with van der Waals surface area (Å²) in [6, 6.07) is 15.0. The summed E-state index contributed by atoms with van der Waals surface area (Å²) in [5.74, 6) is 0. The minimum Gasteiger partial charge on any atom is -0.305 e. The highest BCUT2D eigenvalue weighted by molar-refractivity contribution is 5.23. The summed E-state index contributed by atoms with van der Waals surface area (Å²) < 4.78 is 0. The lowest BCUT2D eigenvalue weighted by Gasteiger charge is -2.14. The molecule has 0 fully saturated rings. The Balaban J connectivity index is 0.00000162. The number of aromatic nitrogens is 1. The second-order valence-electron chi connectivity index (χ2n) is 4.33. The molecule has 0 aliphatic rings. The van der Waals surface area contributed by atoms with E-state index < -0.39 is 0 Å². The molecule has 2 aromatic rings. The minimum absolute atomic E-state index is 0. The van der Waals surface area contributed by atoms with Crippen molar-refractivity contribution in [3.05, 3.63) is 65.5 Å². The van der Waals surface area contributed by atoms with Gasteiger partial charge in [0.25, 0.3) is 0 Å². The van der Waals surface area contributed by atoms with Gasteiger partial charge < -0.3 is 5.32 Å². The monoisotopic (exact) mass is 228 g/mol. The molecule has 1 aromatic carbocycles. The SMILES string of the molecule is Cc1ccc([C@@H](C)NCc2ccccn2)cc1.[HH]. The van der Waals surface area contributed by atoms with Crippen LogP contribution in [0.5, 0.6) is 0 Å². The van der Waals surface area contributed by atoms with E-state index in [9.17, 15) is 0 Å². The molecular formula is C15H20N2. The molecule has 1 atom stereocenters. The van der Waals surface area contributed by atoms with E-state index in [0.717, 1.165) is 12.2 Å². The second kappa shape index (κ2) is 5.60. The maximum Gasteiger partial charge on any atom is 0.0541 e. The molecule has 0 aliphatic carbocycles. The molecule has 0 bridgehead atoms. The fraction of sp³-hybridized carbons (Fsp3) is 0.267. The number of rotatable bonds is 4. The average molecular weight is 228 g/mol. The number of hydrogen-bond donors (Lipinski definition) is 1. The molecule has 0 amide bonds. The van der Waals surface area contributed by atoms with Crippen LogP contribution in [0.15, 0.2) is 48.7 Å². The van der Waals surface area contributed by atoms with Gasteiger partial charge in [-0.2, -0.15) is 0 Å². The molecule has 90 valence electrons. The molecule has 0 spiro atoms.